The SMILES string of the molecule is CN=C(NCC(c1ccc(C)o1)N1CCOCC1)NC1CC1C. The van der Waals surface area contributed by atoms with Crippen LogP contribution in [0.3, 0.4) is 0 Å². The van der Waals surface area contributed by atoms with Crippen molar-refractivity contribution < 1.29 is 9.15 Å². The molecule has 0 radical (unpaired) electrons. The fourth-order valence-electron chi connectivity index (χ4n) is 3.02. The van der Waals surface area contributed by atoms with Gasteiger partial charge in [-0.1, -0.05) is 6.92 Å². The third-order valence-corrected chi connectivity index (χ3v) is 4.69. The fourth-order valence-corrected chi connectivity index (χ4v) is 3.02. The van der Waals surface area contributed by atoms with E-state index in [0.717, 1.165) is 56.2 Å². The van der Waals surface area contributed by atoms with Gasteiger partial charge in [-0.3, -0.25) is 9.89 Å². The summed E-state index contributed by atoms with van der Waals surface area (Å²) in [5.41, 5.74) is 0. The van der Waals surface area contributed by atoms with Gasteiger partial charge in [0.25, 0.3) is 0 Å². The molecule has 6 nitrogen and oxygen atoms in total. The zero-order valence-electron chi connectivity index (χ0n) is 14.3. The molecular formula is C17H28N4O2. The first-order valence-corrected chi connectivity index (χ1v) is 8.52. The number of guanidine groups is 1. The first-order valence-electron chi connectivity index (χ1n) is 8.52. The fraction of sp³-hybridized carbons (Fsp3) is 0.706. The highest BCUT2D eigenvalue weighted by atomic mass is 16.5. The molecule has 3 rings (SSSR count). The van der Waals surface area contributed by atoms with Crippen LogP contribution in [0.5, 0.6) is 0 Å². The average Bonchev–Trinajstić information content (AvgIpc) is 3.09. The van der Waals surface area contributed by atoms with E-state index in [1.807, 2.05) is 20.0 Å². The summed E-state index contributed by atoms with van der Waals surface area (Å²) in [5, 5.41) is 6.93. The first kappa shape index (κ1) is 16.3. The van der Waals surface area contributed by atoms with Crippen LogP contribution in [0.1, 0.15) is 30.9 Å². The maximum absolute atomic E-state index is 5.89. The summed E-state index contributed by atoms with van der Waals surface area (Å²) >= 11 is 0. The number of ether oxygens (including phenoxy) is 1. The molecule has 1 saturated carbocycles. The molecule has 1 aromatic rings. The molecule has 128 valence electrons. The number of hydrogen-bond acceptors (Lipinski definition) is 4. The van der Waals surface area contributed by atoms with Crippen LogP contribution in [0, 0.1) is 12.8 Å². The van der Waals surface area contributed by atoms with Gasteiger partial charge in [-0.25, -0.2) is 0 Å². The second-order valence-corrected chi connectivity index (χ2v) is 6.53. The molecule has 0 bridgehead atoms. The molecule has 1 aliphatic heterocycles. The summed E-state index contributed by atoms with van der Waals surface area (Å²) in [6, 6.07) is 4.87. The zero-order chi connectivity index (χ0) is 16.2. The van der Waals surface area contributed by atoms with E-state index in [4.69, 9.17) is 9.15 Å². The Morgan fingerprint density at radius 1 is 1.39 bits per heavy atom. The van der Waals surface area contributed by atoms with Crippen LogP contribution >= 0.6 is 0 Å². The molecule has 23 heavy (non-hydrogen) atoms. The van der Waals surface area contributed by atoms with E-state index in [-0.39, 0.29) is 6.04 Å². The van der Waals surface area contributed by atoms with E-state index >= 15 is 0 Å². The van der Waals surface area contributed by atoms with E-state index in [2.05, 4.69) is 33.5 Å². The van der Waals surface area contributed by atoms with Crippen LogP contribution in [0.4, 0.5) is 0 Å². The first-order chi connectivity index (χ1) is 11.2. The van der Waals surface area contributed by atoms with Crippen LogP contribution in [-0.2, 0) is 4.74 Å². The molecule has 0 amide bonds. The Morgan fingerprint density at radius 3 is 2.70 bits per heavy atom. The van der Waals surface area contributed by atoms with Crippen molar-refractivity contribution in [3.63, 3.8) is 0 Å². The van der Waals surface area contributed by atoms with Crippen LogP contribution in [-0.4, -0.2) is 56.8 Å². The highest BCUT2D eigenvalue weighted by molar-refractivity contribution is 5.80. The standard InChI is InChI=1S/C17H28N4O2/c1-12-10-14(12)20-17(18-3)19-11-15(16-5-4-13(2)23-16)21-6-8-22-9-7-21/h4-5,12,14-15H,6-11H2,1-3H3,(H2,18,19,20). The molecule has 2 fully saturated rings. The highest BCUT2D eigenvalue weighted by Crippen LogP contribution is 2.29. The van der Waals surface area contributed by atoms with Gasteiger partial charge in [0.2, 0.25) is 0 Å². The maximum Gasteiger partial charge on any atom is 0.191 e. The summed E-state index contributed by atoms with van der Waals surface area (Å²) in [6.07, 6.45) is 1.23. The lowest BCUT2D eigenvalue weighted by Gasteiger charge is -2.33. The lowest BCUT2D eigenvalue weighted by molar-refractivity contribution is 0.0124. The Balaban J connectivity index is 1.63. The van der Waals surface area contributed by atoms with Gasteiger partial charge >= 0.3 is 0 Å². The number of aryl methyl sites for hydroxylation is 1. The molecule has 0 aromatic carbocycles. The zero-order valence-corrected chi connectivity index (χ0v) is 14.3. The van der Waals surface area contributed by atoms with Crippen molar-refractivity contribution in [2.75, 3.05) is 39.9 Å². The Labute approximate surface area is 138 Å². The number of rotatable bonds is 5. The van der Waals surface area contributed by atoms with Gasteiger partial charge in [0.1, 0.15) is 11.5 Å². The van der Waals surface area contributed by atoms with Crippen LogP contribution in [0.15, 0.2) is 21.5 Å². The molecule has 2 N–H and O–H groups in total. The lowest BCUT2D eigenvalue weighted by atomic mass is 10.1. The van der Waals surface area contributed by atoms with Crippen molar-refractivity contribution in [1.82, 2.24) is 15.5 Å². The number of nitrogens with one attached hydrogen (secondary N) is 2. The van der Waals surface area contributed by atoms with E-state index < -0.39 is 0 Å². The van der Waals surface area contributed by atoms with Gasteiger partial charge in [0.05, 0.1) is 19.3 Å². The number of morpholine rings is 1. The number of nitrogens with zero attached hydrogens (tertiary/aromatic N) is 2. The Hall–Kier alpha value is -1.53. The third-order valence-electron chi connectivity index (χ3n) is 4.69. The van der Waals surface area contributed by atoms with Crippen LogP contribution < -0.4 is 10.6 Å². The van der Waals surface area contributed by atoms with E-state index in [0.29, 0.717) is 6.04 Å². The minimum atomic E-state index is 0.197. The van der Waals surface area contributed by atoms with Gasteiger partial charge in [-0.2, -0.15) is 0 Å². The molecule has 2 aliphatic rings. The summed E-state index contributed by atoms with van der Waals surface area (Å²) in [4.78, 5) is 6.76. The van der Waals surface area contributed by atoms with Gasteiger partial charge in [-0.15, -0.1) is 0 Å². The molecule has 1 aromatic heterocycles. The monoisotopic (exact) mass is 320 g/mol. The summed E-state index contributed by atoms with van der Waals surface area (Å²) in [5.74, 6) is 3.58. The Kier molecular flexibility index (Phi) is 5.23. The number of hydrogen-bond donors (Lipinski definition) is 2. The van der Waals surface area contributed by atoms with Gasteiger partial charge < -0.3 is 19.8 Å². The summed E-state index contributed by atoms with van der Waals surface area (Å²) in [6.45, 7) is 8.43. The topological polar surface area (TPSA) is 62.0 Å². The number of furan rings is 1. The number of aliphatic imine (C=N–C) groups is 1. The van der Waals surface area contributed by atoms with Crippen molar-refractivity contribution >= 4 is 5.96 Å². The second kappa shape index (κ2) is 7.36. The van der Waals surface area contributed by atoms with E-state index in [9.17, 15) is 0 Å². The van der Waals surface area contributed by atoms with E-state index in [1.54, 1.807) is 0 Å². The highest BCUT2D eigenvalue weighted by Gasteiger charge is 2.33. The maximum atomic E-state index is 5.89. The minimum absolute atomic E-state index is 0.197. The largest absolute Gasteiger partial charge is 0.465 e. The van der Waals surface area contributed by atoms with Gasteiger partial charge in [-0.05, 0) is 31.4 Å². The smallest absolute Gasteiger partial charge is 0.191 e. The molecule has 0 spiro atoms. The van der Waals surface area contributed by atoms with Crippen molar-refractivity contribution in [1.29, 1.82) is 0 Å². The van der Waals surface area contributed by atoms with E-state index in [1.165, 1.54) is 6.42 Å². The molecule has 6 heteroatoms. The van der Waals surface area contributed by atoms with Gasteiger partial charge in [0, 0.05) is 32.7 Å². The Bertz CT molecular complexity index is 536. The van der Waals surface area contributed by atoms with Crippen molar-refractivity contribution in [2.24, 2.45) is 10.9 Å². The molecule has 3 atom stereocenters. The van der Waals surface area contributed by atoms with Crippen molar-refractivity contribution in [3.8, 4) is 0 Å². The van der Waals surface area contributed by atoms with Crippen molar-refractivity contribution in [2.45, 2.75) is 32.4 Å². The molecular weight excluding hydrogens is 292 g/mol. The third kappa shape index (κ3) is 4.26. The van der Waals surface area contributed by atoms with Crippen molar-refractivity contribution in [3.05, 3.63) is 23.7 Å². The molecule has 1 aliphatic carbocycles. The molecule has 2 heterocycles. The predicted molar refractivity (Wildman–Crippen MR) is 90.6 cm³/mol. The molecule has 3 unspecified atom stereocenters. The average molecular weight is 320 g/mol. The minimum Gasteiger partial charge on any atom is -0.465 e. The lowest BCUT2D eigenvalue weighted by Crippen LogP contribution is -2.46. The predicted octanol–water partition coefficient (Wildman–Crippen LogP) is 1.53. The Morgan fingerprint density at radius 2 is 2.13 bits per heavy atom. The van der Waals surface area contributed by atoms with Gasteiger partial charge in [0.15, 0.2) is 5.96 Å². The normalized spacial score (nSPS) is 26.8. The second-order valence-electron chi connectivity index (χ2n) is 6.53. The van der Waals surface area contributed by atoms with Crippen LogP contribution in [0.2, 0.25) is 0 Å². The molecule has 1 saturated heterocycles. The van der Waals surface area contributed by atoms with Crippen LogP contribution in [0.25, 0.3) is 0 Å². The summed E-state index contributed by atoms with van der Waals surface area (Å²) < 4.78 is 11.4. The quantitative estimate of drug-likeness (QED) is 0.636. The summed E-state index contributed by atoms with van der Waals surface area (Å²) in [7, 11) is 1.82.